The lowest BCUT2D eigenvalue weighted by atomic mass is 9.48. The number of carboxylic acid groups (broad SMARTS) is 1. The molecular weight excluding hydrogens is 344 g/mol. The van der Waals surface area contributed by atoms with E-state index >= 15 is 0 Å². The smallest absolute Gasteiger partial charge is 0.328 e. The van der Waals surface area contributed by atoms with Gasteiger partial charge in [0.25, 0.3) is 0 Å². The first-order chi connectivity index (χ1) is 13.4. The van der Waals surface area contributed by atoms with Gasteiger partial charge in [0.2, 0.25) is 0 Å². The molecule has 0 spiro atoms. The van der Waals surface area contributed by atoms with Crippen molar-refractivity contribution in [2.45, 2.75) is 69.6 Å². The van der Waals surface area contributed by atoms with Crippen molar-refractivity contribution < 1.29 is 9.90 Å². The van der Waals surface area contributed by atoms with Gasteiger partial charge in [0.05, 0.1) is 0 Å². The second-order valence-corrected chi connectivity index (χ2v) is 10.6. The maximum atomic E-state index is 10.8. The van der Waals surface area contributed by atoms with Crippen LogP contribution in [0.3, 0.4) is 0 Å². The van der Waals surface area contributed by atoms with Crippen molar-refractivity contribution in [1.82, 2.24) is 0 Å². The molecule has 1 aromatic carbocycles. The Hall–Kier alpha value is -1.83. The Kier molecular flexibility index (Phi) is 4.12. The topological polar surface area (TPSA) is 37.3 Å². The third-order valence-corrected chi connectivity index (χ3v) is 8.44. The summed E-state index contributed by atoms with van der Waals surface area (Å²) in [5.41, 5.74) is 4.54. The lowest BCUT2D eigenvalue weighted by Crippen LogP contribution is -2.48. The van der Waals surface area contributed by atoms with E-state index < -0.39 is 5.97 Å². The van der Waals surface area contributed by atoms with Crippen molar-refractivity contribution in [2.24, 2.45) is 23.7 Å². The molecule has 0 unspecified atom stereocenters. The SMILES string of the molecule is CC(C=C[C@@H]1C[C@]1(C)c1ccc(C23CC4CC(CC(C4)C2)C3)cc1)=CC(=O)O. The number of carbonyl (C=O) groups is 1. The zero-order chi connectivity index (χ0) is 19.5. The van der Waals surface area contributed by atoms with E-state index in [1.54, 1.807) is 5.56 Å². The van der Waals surface area contributed by atoms with Gasteiger partial charge in [-0.3, -0.25) is 0 Å². The predicted molar refractivity (Wildman–Crippen MR) is 112 cm³/mol. The molecular formula is C26H32O2. The third kappa shape index (κ3) is 3.06. The molecule has 5 aliphatic carbocycles. The first kappa shape index (κ1) is 18.2. The summed E-state index contributed by atoms with van der Waals surface area (Å²) >= 11 is 0. The monoisotopic (exact) mass is 376 g/mol. The van der Waals surface area contributed by atoms with Crippen molar-refractivity contribution in [3.8, 4) is 0 Å². The van der Waals surface area contributed by atoms with Gasteiger partial charge >= 0.3 is 5.97 Å². The van der Waals surface area contributed by atoms with E-state index in [2.05, 4.69) is 37.3 Å². The molecule has 2 heteroatoms. The zero-order valence-electron chi connectivity index (χ0n) is 17.2. The van der Waals surface area contributed by atoms with Crippen molar-refractivity contribution in [1.29, 1.82) is 0 Å². The van der Waals surface area contributed by atoms with Crippen LogP contribution < -0.4 is 0 Å². The molecule has 0 heterocycles. The molecule has 1 aromatic rings. The largest absolute Gasteiger partial charge is 0.478 e. The fourth-order valence-electron chi connectivity index (χ4n) is 7.19. The van der Waals surface area contributed by atoms with E-state index in [1.807, 2.05) is 13.0 Å². The summed E-state index contributed by atoms with van der Waals surface area (Å²) in [6.07, 6.45) is 15.4. The minimum Gasteiger partial charge on any atom is -0.478 e. The second-order valence-electron chi connectivity index (χ2n) is 10.6. The van der Waals surface area contributed by atoms with Crippen molar-refractivity contribution in [2.75, 3.05) is 0 Å². The van der Waals surface area contributed by atoms with Crippen molar-refractivity contribution >= 4 is 5.97 Å². The fraction of sp³-hybridized carbons (Fsp3) is 0.577. The van der Waals surface area contributed by atoms with Crippen LogP contribution in [0.1, 0.15) is 69.9 Å². The Morgan fingerprint density at radius 2 is 1.50 bits per heavy atom. The number of benzene rings is 1. The second kappa shape index (κ2) is 6.34. The Labute approximate surface area is 168 Å². The lowest BCUT2D eigenvalue weighted by molar-refractivity contribution is -0.131. The van der Waals surface area contributed by atoms with Gasteiger partial charge in [-0.1, -0.05) is 43.3 Å². The highest BCUT2D eigenvalue weighted by molar-refractivity contribution is 5.81. The summed E-state index contributed by atoms with van der Waals surface area (Å²) in [6.45, 7) is 4.20. The van der Waals surface area contributed by atoms with Gasteiger partial charge < -0.3 is 5.11 Å². The van der Waals surface area contributed by atoms with Gasteiger partial charge in [-0.05, 0) is 103 Å². The molecule has 28 heavy (non-hydrogen) atoms. The summed E-state index contributed by atoms with van der Waals surface area (Å²) in [5.74, 6) is 2.60. The first-order valence-electron chi connectivity index (χ1n) is 11.1. The minimum absolute atomic E-state index is 0.208. The van der Waals surface area contributed by atoms with Gasteiger partial charge in [-0.15, -0.1) is 0 Å². The van der Waals surface area contributed by atoms with Crippen LogP contribution >= 0.6 is 0 Å². The third-order valence-electron chi connectivity index (χ3n) is 8.44. The van der Waals surface area contributed by atoms with Crippen LogP contribution in [-0.4, -0.2) is 11.1 Å². The van der Waals surface area contributed by atoms with Gasteiger partial charge in [-0.2, -0.15) is 0 Å². The van der Waals surface area contributed by atoms with Crippen LogP contribution in [0, 0.1) is 23.7 Å². The number of rotatable bonds is 5. The maximum Gasteiger partial charge on any atom is 0.328 e. The van der Waals surface area contributed by atoms with Gasteiger partial charge in [0.15, 0.2) is 0 Å². The van der Waals surface area contributed by atoms with Crippen molar-refractivity contribution in [3.63, 3.8) is 0 Å². The molecule has 0 aliphatic heterocycles. The van der Waals surface area contributed by atoms with E-state index in [-0.39, 0.29) is 5.41 Å². The molecule has 2 atom stereocenters. The van der Waals surface area contributed by atoms with E-state index in [0.717, 1.165) is 29.7 Å². The molecule has 0 amide bonds. The molecule has 0 radical (unpaired) electrons. The summed E-state index contributed by atoms with van der Waals surface area (Å²) < 4.78 is 0. The number of hydrogen-bond acceptors (Lipinski definition) is 1. The lowest BCUT2D eigenvalue weighted by Gasteiger charge is -2.57. The number of carboxylic acids is 1. The summed E-state index contributed by atoms with van der Waals surface area (Å²) in [6, 6.07) is 9.67. The van der Waals surface area contributed by atoms with Crippen LogP contribution in [0.4, 0.5) is 0 Å². The minimum atomic E-state index is -0.874. The maximum absolute atomic E-state index is 10.8. The highest BCUT2D eigenvalue weighted by Crippen LogP contribution is 2.61. The Bertz CT molecular complexity index is 808. The molecule has 148 valence electrons. The molecule has 6 rings (SSSR count). The van der Waals surface area contributed by atoms with Crippen LogP contribution in [-0.2, 0) is 15.6 Å². The van der Waals surface area contributed by atoms with Crippen LogP contribution in [0.25, 0.3) is 0 Å². The number of allylic oxidation sites excluding steroid dienone is 3. The Morgan fingerprint density at radius 1 is 0.964 bits per heavy atom. The van der Waals surface area contributed by atoms with Gasteiger partial charge in [0.1, 0.15) is 0 Å². The molecule has 4 bridgehead atoms. The molecule has 2 nitrogen and oxygen atoms in total. The van der Waals surface area contributed by atoms with Crippen LogP contribution in [0.2, 0.25) is 0 Å². The summed E-state index contributed by atoms with van der Waals surface area (Å²) in [4.78, 5) is 10.8. The molecule has 5 aliphatic rings. The van der Waals surface area contributed by atoms with Gasteiger partial charge in [-0.25, -0.2) is 4.79 Å². The molecule has 5 saturated carbocycles. The fourth-order valence-corrected chi connectivity index (χ4v) is 7.19. The van der Waals surface area contributed by atoms with Gasteiger partial charge in [0, 0.05) is 6.08 Å². The quantitative estimate of drug-likeness (QED) is 0.504. The van der Waals surface area contributed by atoms with Crippen LogP contribution in [0.5, 0.6) is 0 Å². The zero-order valence-corrected chi connectivity index (χ0v) is 17.2. The Morgan fingerprint density at radius 3 is 2.04 bits per heavy atom. The number of aliphatic carboxylic acids is 1. The molecule has 5 fully saturated rings. The average Bonchev–Trinajstić information content (AvgIpc) is 3.30. The predicted octanol–water partition coefficient (Wildman–Crippen LogP) is 6.02. The number of hydrogen-bond donors (Lipinski definition) is 1. The highest BCUT2D eigenvalue weighted by atomic mass is 16.4. The van der Waals surface area contributed by atoms with E-state index in [9.17, 15) is 4.79 Å². The Balaban J connectivity index is 1.31. The summed E-state index contributed by atoms with van der Waals surface area (Å²) in [5, 5.41) is 8.85. The molecule has 1 N–H and O–H groups in total. The molecule has 0 aromatic heterocycles. The van der Waals surface area contributed by atoms with Crippen LogP contribution in [0.15, 0.2) is 48.1 Å². The van der Waals surface area contributed by atoms with E-state index in [4.69, 9.17) is 5.11 Å². The van der Waals surface area contributed by atoms with Crippen molar-refractivity contribution in [3.05, 3.63) is 59.2 Å². The molecule has 0 saturated heterocycles. The highest BCUT2D eigenvalue weighted by Gasteiger charge is 2.52. The first-order valence-corrected chi connectivity index (χ1v) is 11.1. The summed E-state index contributed by atoms with van der Waals surface area (Å²) in [7, 11) is 0. The average molecular weight is 377 g/mol. The van der Waals surface area contributed by atoms with E-state index in [1.165, 1.54) is 50.2 Å². The standard InChI is InChI=1S/C26H32O2/c1-17(9-24(27)28)3-4-23-16-25(23,2)21-5-7-22(8-6-21)26-13-18-10-19(14-26)12-20(11-18)15-26/h3-9,18-20,23H,10-16H2,1-2H3,(H,27,28)/t18?,19?,20?,23-,25-,26?/m1/s1. The normalized spacial score (nSPS) is 41.6. The van der Waals surface area contributed by atoms with E-state index in [0.29, 0.717) is 11.3 Å².